The number of aliphatic hydroxyl groups excluding tert-OH is 1. The van der Waals surface area contributed by atoms with Crippen LogP contribution in [0.25, 0.3) is 21.3 Å². The lowest BCUT2D eigenvalue weighted by atomic mass is 9.94. The summed E-state index contributed by atoms with van der Waals surface area (Å²) < 4.78 is 26.5. The predicted octanol–water partition coefficient (Wildman–Crippen LogP) is 4.18. The maximum absolute atomic E-state index is 14.0. The van der Waals surface area contributed by atoms with E-state index < -0.39 is 23.7 Å². The van der Waals surface area contributed by atoms with Crippen LogP contribution in [-0.4, -0.2) is 36.0 Å². The number of esters is 1. The number of hydrogen-bond donors (Lipinski definition) is 1. The monoisotopic (exact) mass is 443 g/mol. The summed E-state index contributed by atoms with van der Waals surface area (Å²) >= 11 is 1.35. The quantitative estimate of drug-likeness (QED) is 0.612. The zero-order valence-electron chi connectivity index (χ0n) is 17.2. The highest BCUT2D eigenvalue weighted by molar-refractivity contribution is 7.15. The summed E-state index contributed by atoms with van der Waals surface area (Å²) in [6.45, 7) is 0. The highest BCUT2D eigenvalue weighted by Crippen LogP contribution is 2.47. The van der Waals surface area contributed by atoms with Crippen molar-refractivity contribution in [1.29, 1.82) is 0 Å². The molecule has 0 spiro atoms. The highest BCUT2D eigenvalue weighted by Gasteiger charge is 2.32. The minimum absolute atomic E-state index is 0.000371. The topological polar surface area (TPSA) is 77.8 Å². The van der Waals surface area contributed by atoms with Crippen LogP contribution in [0.4, 0.5) is 4.39 Å². The van der Waals surface area contributed by atoms with Crippen molar-refractivity contribution in [3.8, 4) is 16.2 Å². The summed E-state index contributed by atoms with van der Waals surface area (Å²) in [6.07, 6.45) is 1.98. The number of hydrogen-bond acceptors (Lipinski definition) is 6. The molecule has 0 bridgehead atoms. The fourth-order valence-corrected chi connectivity index (χ4v) is 5.62. The van der Waals surface area contributed by atoms with Crippen LogP contribution in [-0.2, 0) is 11.2 Å². The highest BCUT2D eigenvalue weighted by atomic mass is 32.1. The SMILES string of the molecule is COC(=O)c1cn(C2CC2)c2c(OC)c(-c3cc4c(s3)C(O)C(F)CC4)ccc2c1=O. The number of halogens is 1. The molecule has 0 radical (unpaired) electrons. The van der Waals surface area contributed by atoms with Crippen LogP contribution in [0.2, 0.25) is 0 Å². The molecule has 2 aliphatic rings. The Morgan fingerprint density at radius 2 is 2.03 bits per heavy atom. The standard InChI is InChI=1S/C23H22FNO5S/c1-29-21-13(17-9-11-3-8-16(24)20(27)22(11)31-17)6-7-14-18(21)25(12-4-5-12)10-15(19(14)26)23(28)30-2/h6-7,9-10,12,16,20,27H,3-5,8H2,1-2H3. The lowest BCUT2D eigenvalue weighted by molar-refractivity contribution is 0.0598. The van der Waals surface area contributed by atoms with Gasteiger partial charge in [0.2, 0.25) is 5.43 Å². The van der Waals surface area contributed by atoms with E-state index in [0.29, 0.717) is 34.4 Å². The molecule has 31 heavy (non-hydrogen) atoms. The number of thiophene rings is 1. The molecule has 5 rings (SSSR count). The van der Waals surface area contributed by atoms with Gasteiger partial charge in [-0.3, -0.25) is 4.79 Å². The first-order chi connectivity index (χ1) is 14.9. The summed E-state index contributed by atoms with van der Waals surface area (Å²) in [5.74, 6) is -0.132. The third kappa shape index (κ3) is 3.16. The molecule has 2 heterocycles. The van der Waals surface area contributed by atoms with Gasteiger partial charge in [-0.2, -0.15) is 0 Å². The van der Waals surface area contributed by atoms with Crippen LogP contribution in [0.1, 0.15) is 52.2 Å². The molecule has 2 aliphatic carbocycles. The van der Waals surface area contributed by atoms with E-state index in [1.807, 2.05) is 10.6 Å². The van der Waals surface area contributed by atoms with E-state index in [9.17, 15) is 19.1 Å². The maximum atomic E-state index is 14.0. The van der Waals surface area contributed by atoms with Crippen LogP contribution in [0.5, 0.6) is 5.75 Å². The van der Waals surface area contributed by atoms with Crippen molar-refractivity contribution < 1.29 is 23.8 Å². The van der Waals surface area contributed by atoms with Crippen molar-refractivity contribution in [2.75, 3.05) is 14.2 Å². The summed E-state index contributed by atoms with van der Waals surface area (Å²) in [7, 11) is 2.81. The van der Waals surface area contributed by atoms with Gasteiger partial charge < -0.3 is 19.1 Å². The minimum Gasteiger partial charge on any atom is -0.494 e. The zero-order chi connectivity index (χ0) is 21.9. The summed E-state index contributed by atoms with van der Waals surface area (Å²) in [5, 5.41) is 10.7. The first kappa shape index (κ1) is 20.2. The molecule has 2 aromatic heterocycles. The van der Waals surface area contributed by atoms with Gasteiger partial charge in [0.05, 0.1) is 25.1 Å². The van der Waals surface area contributed by atoms with Crippen molar-refractivity contribution in [1.82, 2.24) is 4.57 Å². The van der Waals surface area contributed by atoms with Gasteiger partial charge in [-0.25, -0.2) is 9.18 Å². The lowest BCUT2D eigenvalue weighted by Crippen LogP contribution is -2.20. The maximum Gasteiger partial charge on any atom is 0.343 e. The fourth-order valence-electron chi connectivity index (χ4n) is 4.35. The van der Waals surface area contributed by atoms with E-state index in [4.69, 9.17) is 9.47 Å². The van der Waals surface area contributed by atoms with Crippen molar-refractivity contribution >= 4 is 28.2 Å². The molecule has 162 valence electrons. The number of rotatable bonds is 4. The number of pyridine rings is 1. The average Bonchev–Trinajstić information content (AvgIpc) is 3.53. The number of carbonyl (C=O) groups is 1. The van der Waals surface area contributed by atoms with Gasteiger partial charge in [0, 0.05) is 27.6 Å². The Labute approximate surface area is 181 Å². The number of alkyl halides is 1. The van der Waals surface area contributed by atoms with Crippen LogP contribution >= 0.6 is 11.3 Å². The lowest BCUT2D eigenvalue weighted by Gasteiger charge is -2.21. The van der Waals surface area contributed by atoms with Crippen LogP contribution in [0.3, 0.4) is 0 Å². The second-order valence-corrected chi connectivity index (χ2v) is 9.13. The molecule has 1 fully saturated rings. The van der Waals surface area contributed by atoms with Gasteiger partial charge in [-0.05, 0) is 49.4 Å². The van der Waals surface area contributed by atoms with Gasteiger partial charge in [0.1, 0.15) is 17.8 Å². The number of methoxy groups -OCH3 is 2. The van der Waals surface area contributed by atoms with Gasteiger partial charge in [-0.1, -0.05) is 0 Å². The smallest absolute Gasteiger partial charge is 0.343 e. The average molecular weight is 443 g/mol. The molecule has 3 aromatic rings. The summed E-state index contributed by atoms with van der Waals surface area (Å²) in [5.41, 5.74) is 1.96. The minimum atomic E-state index is -1.26. The molecular formula is C23H22FNO5S. The second-order valence-electron chi connectivity index (χ2n) is 8.04. The van der Waals surface area contributed by atoms with Crippen molar-refractivity contribution in [2.24, 2.45) is 0 Å². The predicted molar refractivity (Wildman–Crippen MR) is 116 cm³/mol. The Balaban J connectivity index is 1.75. The Morgan fingerprint density at radius 1 is 1.26 bits per heavy atom. The molecule has 2 atom stereocenters. The van der Waals surface area contributed by atoms with E-state index in [2.05, 4.69) is 0 Å². The number of fused-ring (bicyclic) bond motifs is 2. The summed E-state index contributed by atoms with van der Waals surface area (Å²) in [4.78, 5) is 26.7. The van der Waals surface area contributed by atoms with Gasteiger partial charge in [-0.15, -0.1) is 11.3 Å². The molecule has 1 N–H and O–H groups in total. The van der Waals surface area contributed by atoms with Gasteiger partial charge in [0.25, 0.3) is 0 Å². The Morgan fingerprint density at radius 3 is 2.71 bits per heavy atom. The third-order valence-corrected chi connectivity index (χ3v) is 7.39. The molecular weight excluding hydrogens is 421 g/mol. The Kier molecular flexibility index (Phi) is 4.86. The van der Waals surface area contributed by atoms with E-state index in [1.165, 1.54) is 18.4 Å². The Hall–Kier alpha value is -2.71. The first-order valence-electron chi connectivity index (χ1n) is 10.2. The normalized spacial score (nSPS) is 20.5. The number of aliphatic hydroxyl groups is 1. The van der Waals surface area contributed by atoms with Crippen molar-refractivity contribution in [3.63, 3.8) is 0 Å². The van der Waals surface area contributed by atoms with Crippen LogP contribution in [0.15, 0.2) is 29.2 Å². The van der Waals surface area contributed by atoms with E-state index in [-0.39, 0.29) is 11.6 Å². The zero-order valence-corrected chi connectivity index (χ0v) is 18.0. The number of nitrogens with zero attached hydrogens (tertiary/aromatic N) is 1. The largest absolute Gasteiger partial charge is 0.494 e. The number of ether oxygens (including phenoxy) is 2. The molecule has 1 aromatic carbocycles. The molecule has 2 unspecified atom stereocenters. The summed E-state index contributed by atoms with van der Waals surface area (Å²) in [6, 6.07) is 5.65. The number of carbonyl (C=O) groups excluding carboxylic acids is 1. The van der Waals surface area contributed by atoms with Crippen LogP contribution < -0.4 is 10.2 Å². The van der Waals surface area contributed by atoms with E-state index in [1.54, 1.807) is 25.4 Å². The van der Waals surface area contributed by atoms with Crippen molar-refractivity contribution in [3.05, 3.63) is 50.6 Å². The van der Waals surface area contributed by atoms with Crippen molar-refractivity contribution in [2.45, 2.75) is 44.0 Å². The second kappa shape index (κ2) is 7.46. The first-order valence-corrected chi connectivity index (χ1v) is 11.1. The fraction of sp³-hybridized carbons (Fsp3) is 0.391. The number of benzene rings is 1. The van der Waals surface area contributed by atoms with Crippen LogP contribution in [0, 0.1) is 0 Å². The van der Waals surface area contributed by atoms with Gasteiger partial charge >= 0.3 is 5.97 Å². The van der Waals surface area contributed by atoms with Gasteiger partial charge in [0.15, 0.2) is 5.75 Å². The number of aromatic nitrogens is 1. The molecule has 0 amide bonds. The van der Waals surface area contributed by atoms with E-state index in [0.717, 1.165) is 28.8 Å². The molecule has 0 saturated heterocycles. The number of aryl methyl sites for hydroxylation is 1. The molecule has 1 saturated carbocycles. The third-order valence-electron chi connectivity index (χ3n) is 6.10. The molecule has 6 nitrogen and oxygen atoms in total. The van der Waals surface area contributed by atoms with E-state index >= 15 is 0 Å². The molecule has 8 heteroatoms. The molecule has 0 aliphatic heterocycles. The Bertz CT molecular complexity index is 1260.